The molecule has 0 N–H and O–H groups in total. The lowest BCUT2D eigenvalue weighted by atomic mass is 10.1. The van der Waals surface area contributed by atoms with Gasteiger partial charge in [-0.15, -0.1) is 0 Å². The van der Waals surface area contributed by atoms with Gasteiger partial charge in [-0.1, -0.05) is 49.1 Å². The Morgan fingerprint density at radius 1 is 0.913 bits per heavy atom. The highest BCUT2D eigenvalue weighted by molar-refractivity contribution is 5.63. The first-order valence-corrected chi connectivity index (χ1v) is 7.56. The quantitative estimate of drug-likeness (QED) is 0.478. The second kappa shape index (κ2) is 8.91. The summed E-state index contributed by atoms with van der Waals surface area (Å²) in [7, 11) is 0. The number of ether oxygens (including phenoxy) is 2. The van der Waals surface area contributed by atoms with Gasteiger partial charge in [0.2, 0.25) is 0 Å². The van der Waals surface area contributed by atoms with Gasteiger partial charge in [0, 0.05) is 0 Å². The van der Waals surface area contributed by atoms with Crippen LogP contribution in [0.1, 0.15) is 6.42 Å². The molecule has 0 radical (unpaired) electrons. The molecule has 0 bridgehead atoms. The van der Waals surface area contributed by atoms with Crippen molar-refractivity contribution in [3.8, 4) is 16.9 Å². The van der Waals surface area contributed by atoms with Crippen molar-refractivity contribution in [1.82, 2.24) is 0 Å². The van der Waals surface area contributed by atoms with Gasteiger partial charge in [-0.25, -0.2) is 4.39 Å². The van der Waals surface area contributed by atoms with Crippen LogP contribution >= 0.6 is 0 Å². The molecule has 2 aromatic carbocycles. The fourth-order valence-corrected chi connectivity index (χ4v) is 2.01. The first-order chi connectivity index (χ1) is 11.2. The molecule has 0 aromatic heterocycles. The first kappa shape index (κ1) is 17.0. The molecule has 2 nitrogen and oxygen atoms in total. The molecule has 0 aliphatic rings. The van der Waals surface area contributed by atoms with E-state index in [4.69, 9.17) is 9.47 Å². The average Bonchev–Trinajstić information content (AvgIpc) is 2.59. The van der Waals surface area contributed by atoms with Crippen molar-refractivity contribution >= 4 is 0 Å². The van der Waals surface area contributed by atoms with E-state index in [-0.39, 0.29) is 5.82 Å². The predicted octanol–water partition coefficient (Wildman–Crippen LogP) is 5.02. The maximum Gasteiger partial charge on any atom is 0.123 e. The molecule has 23 heavy (non-hydrogen) atoms. The third-order valence-corrected chi connectivity index (χ3v) is 3.38. The molecule has 0 amide bonds. The van der Waals surface area contributed by atoms with Crippen molar-refractivity contribution < 1.29 is 13.9 Å². The zero-order chi connectivity index (χ0) is 16.5. The Morgan fingerprint density at radius 3 is 2.13 bits per heavy atom. The predicted molar refractivity (Wildman–Crippen MR) is 92.1 cm³/mol. The molecule has 3 heteroatoms. The second-order valence-corrected chi connectivity index (χ2v) is 5.10. The van der Waals surface area contributed by atoms with Crippen LogP contribution in [-0.2, 0) is 4.74 Å². The Kier molecular flexibility index (Phi) is 6.57. The largest absolute Gasteiger partial charge is 0.491 e. The summed E-state index contributed by atoms with van der Waals surface area (Å²) in [6.45, 7) is 9.13. The maximum absolute atomic E-state index is 12.9. The number of hydrogen-bond donors (Lipinski definition) is 0. The molecule has 0 spiro atoms. The monoisotopic (exact) mass is 312 g/mol. The SMILES string of the molecule is C=CC(=C)CCOCCOc1ccc(-c2ccc(F)cc2)cc1. The normalized spacial score (nSPS) is 10.3. The highest BCUT2D eigenvalue weighted by Crippen LogP contribution is 2.22. The molecule has 120 valence electrons. The third-order valence-electron chi connectivity index (χ3n) is 3.38. The second-order valence-electron chi connectivity index (χ2n) is 5.10. The Balaban J connectivity index is 1.74. The molecule has 2 aromatic rings. The van der Waals surface area contributed by atoms with Crippen LogP contribution in [0.15, 0.2) is 73.3 Å². The van der Waals surface area contributed by atoms with Crippen LogP contribution < -0.4 is 4.74 Å². The molecule has 0 atom stereocenters. The maximum atomic E-state index is 12.9. The lowest BCUT2D eigenvalue weighted by Gasteiger charge is -2.08. The highest BCUT2D eigenvalue weighted by Gasteiger charge is 2.00. The van der Waals surface area contributed by atoms with E-state index >= 15 is 0 Å². The summed E-state index contributed by atoms with van der Waals surface area (Å²) in [6, 6.07) is 14.1. The van der Waals surface area contributed by atoms with E-state index in [2.05, 4.69) is 13.2 Å². The van der Waals surface area contributed by atoms with E-state index in [1.54, 1.807) is 18.2 Å². The van der Waals surface area contributed by atoms with Crippen LogP contribution in [0.2, 0.25) is 0 Å². The fraction of sp³-hybridized carbons (Fsp3) is 0.200. The number of allylic oxidation sites excluding steroid dienone is 1. The van der Waals surface area contributed by atoms with Gasteiger partial charge < -0.3 is 9.47 Å². The lowest BCUT2D eigenvalue weighted by molar-refractivity contribution is 0.103. The number of hydrogen-bond acceptors (Lipinski definition) is 2. The van der Waals surface area contributed by atoms with Crippen LogP contribution in [0.3, 0.4) is 0 Å². The minimum atomic E-state index is -0.231. The molecule has 0 heterocycles. The van der Waals surface area contributed by atoms with Gasteiger partial charge in [-0.05, 0) is 41.8 Å². The fourth-order valence-electron chi connectivity index (χ4n) is 2.01. The van der Waals surface area contributed by atoms with Gasteiger partial charge >= 0.3 is 0 Å². The van der Waals surface area contributed by atoms with Crippen LogP contribution in [-0.4, -0.2) is 19.8 Å². The van der Waals surface area contributed by atoms with Crippen molar-refractivity contribution in [1.29, 1.82) is 0 Å². The van der Waals surface area contributed by atoms with Crippen molar-refractivity contribution in [2.75, 3.05) is 19.8 Å². The van der Waals surface area contributed by atoms with E-state index in [1.807, 2.05) is 24.3 Å². The minimum Gasteiger partial charge on any atom is -0.491 e. The standard InChI is InChI=1S/C20H21FO2/c1-3-16(2)12-13-22-14-15-23-20-10-6-18(7-11-20)17-4-8-19(21)9-5-17/h3-11H,1-2,12-15H2. The molecule has 0 aliphatic carbocycles. The zero-order valence-corrected chi connectivity index (χ0v) is 13.1. The van der Waals surface area contributed by atoms with E-state index in [0.717, 1.165) is 28.9 Å². The minimum absolute atomic E-state index is 0.231. The van der Waals surface area contributed by atoms with Crippen molar-refractivity contribution in [2.24, 2.45) is 0 Å². The molecular formula is C20H21FO2. The van der Waals surface area contributed by atoms with E-state index in [1.165, 1.54) is 12.1 Å². The molecule has 0 saturated heterocycles. The molecule has 0 saturated carbocycles. The number of rotatable bonds is 9. The molecule has 0 unspecified atom stereocenters. The van der Waals surface area contributed by atoms with Gasteiger partial charge in [0.05, 0.1) is 13.2 Å². The van der Waals surface area contributed by atoms with Gasteiger partial charge in [-0.2, -0.15) is 0 Å². The number of halogens is 1. The Hall–Kier alpha value is -2.39. The Bertz CT molecular complexity index is 630. The van der Waals surface area contributed by atoms with Gasteiger partial charge in [0.15, 0.2) is 0 Å². The van der Waals surface area contributed by atoms with E-state index in [9.17, 15) is 4.39 Å². The Labute approximate surface area is 136 Å². The third kappa shape index (κ3) is 5.72. The smallest absolute Gasteiger partial charge is 0.123 e. The molecule has 0 fully saturated rings. The summed E-state index contributed by atoms with van der Waals surface area (Å²) in [4.78, 5) is 0. The molecule has 2 rings (SSSR count). The summed E-state index contributed by atoms with van der Waals surface area (Å²) < 4.78 is 24.0. The van der Waals surface area contributed by atoms with Gasteiger partial charge in [0.25, 0.3) is 0 Å². The molecule has 0 aliphatic heterocycles. The zero-order valence-electron chi connectivity index (χ0n) is 13.1. The average molecular weight is 312 g/mol. The van der Waals surface area contributed by atoms with Crippen molar-refractivity contribution in [3.05, 3.63) is 79.2 Å². The summed E-state index contributed by atoms with van der Waals surface area (Å²) in [5.41, 5.74) is 2.97. The van der Waals surface area contributed by atoms with Crippen molar-refractivity contribution in [3.63, 3.8) is 0 Å². The topological polar surface area (TPSA) is 18.5 Å². The van der Waals surface area contributed by atoms with E-state index in [0.29, 0.717) is 19.8 Å². The van der Waals surface area contributed by atoms with Crippen LogP contribution in [0.25, 0.3) is 11.1 Å². The van der Waals surface area contributed by atoms with Crippen LogP contribution in [0.4, 0.5) is 4.39 Å². The van der Waals surface area contributed by atoms with Gasteiger partial charge in [0.1, 0.15) is 18.2 Å². The van der Waals surface area contributed by atoms with Crippen molar-refractivity contribution in [2.45, 2.75) is 6.42 Å². The van der Waals surface area contributed by atoms with E-state index < -0.39 is 0 Å². The van der Waals surface area contributed by atoms with Gasteiger partial charge in [-0.3, -0.25) is 0 Å². The van der Waals surface area contributed by atoms with Crippen LogP contribution in [0.5, 0.6) is 5.75 Å². The summed E-state index contributed by atoms with van der Waals surface area (Å²) in [5.74, 6) is 0.556. The Morgan fingerprint density at radius 2 is 1.52 bits per heavy atom. The lowest BCUT2D eigenvalue weighted by Crippen LogP contribution is -2.07. The number of benzene rings is 2. The highest BCUT2D eigenvalue weighted by atomic mass is 19.1. The molecular weight excluding hydrogens is 291 g/mol. The van der Waals surface area contributed by atoms with Crippen LogP contribution in [0, 0.1) is 5.82 Å². The summed E-state index contributed by atoms with van der Waals surface area (Å²) >= 11 is 0. The summed E-state index contributed by atoms with van der Waals surface area (Å²) in [5, 5.41) is 0. The summed E-state index contributed by atoms with van der Waals surface area (Å²) in [6.07, 6.45) is 2.53. The first-order valence-electron chi connectivity index (χ1n) is 7.56.